The lowest BCUT2D eigenvalue weighted by Crippen LogP contribution is -1.98. The van der Waals surface area contributed by atoms with Crippen LogP contribution in [-0.4, -0.2) is 6.29 Å². The number of ether oxygens (including phenoxy) is 1. The summed E-state index contributed by atoms with van der Waals surface area (Å²) in [4.78, 5) is 10.7. The van der Waals surface area contributed by atoms with Gasteiger partial charge in [0.05, 0.1) is 5.56 Å². The Morgan fingerprint density at radius 3 is 2.59 bits per heavy atom. The lowest BCUT2D eigenvalue weighted by atomic mass is 10.2. The summed E-state index contributed by atoms with van der Waals surface area (Å²) in [5, 5.41) is 0. The van der Waals surface area contributed by atoms with Crippen molar-refractivity contribution >= 4 is 6.29 Å². The SMILES string of the molecule is O=Cc1cc(F)ccc1OCc1ccccc1. The molecule has 86 valence electrons. The van der Waals surface area contributed by atoms with Gasteiger partial charge in [-0.15, -0.1) is 0 Å². The van der Waals surface area contributed by atoms with Crippen LogP contribution in [0.5, 0.6) is 5.75 Å². The van der Waals surface area contributed by atoms with Crippen molar-refractivity contribution in [3.63, 3.8) is 0 Å². The molecule has 0 aliphatic heterocycles. The molecular formula is C14H11FO2. The average molecular weight is 230 g/mol. The summed E-state index contributed by atoms with van der Waals surface area (Å²) >= 11 is 0. The van der Waals surface area contributed by atoms with Crippen LogP contribution in [0.25, 0.3) is 0 Å². The molecule has 2 aromatic rings. The predicted octanol–water partition coefficient (Wildman–Crippen LogP) is 3.22. The van der Waals surface area contributed by atoms with E-state index in [1.807, 2.05) is 30.3 Å². The van der Waals surface area contributed by atoms with E-state index in [0.717, 1.165) is 11.6 Å². The van der Waals surface area contributed by atoms with Crippen molar-refractivity contribution < 1.29 is 13.9 Å². The summed E-state index contributed by atoms with van der Waals surface area (Å²) in [6, 6.07) is 13.5. The summed E-state index contributed by atoms with van der Waals surface area (Å²) in [6.45, 7) is 0.354. The Bertz CT molecular complexity index is 509. The number of carbonyl (C=O) groups excluding carboxylic acids is 1. The molecule has 0 amide bonds. The van der Waals surface area contributed by atoms with Gasteiger partial charge in [-0.2, -0.15) is 0 Å². The molecule has 0 spiro atoms. The van der Waals surface area contributed by atoms with Crippen molar-refractivity contribution in [1.29, 1.82) is 0 Å². The molecule has 0 bridgehead atoms. The highest BCUT2D eigenvalue weighted by molar-refractivity contribution is 5.79. The van der Waals surface area contributed by atoms with Gasteiger partial charge in [-0.25, -0.2) is 4.39 Å². The van der Waals surface area contributed by atoms with Crippen molar-refractivity contribution in [2.45, 2.75) is 6.61 Å². The molecule has 0 fully saturated rings. The van der Waals surface area contributed by atoms with E-state index in [1.54, 1.807) is 0 Å². The molecular weight excluding hydrogens is 219 g/mol. The number of rotatable bonds is 4. The molecule has 3 heteroatoms. The molecule has 0 unspecified atom stereocenters. The van der Waals surface area contributed by atoms with E-state index in [4.69, 9.17) is 4.74 Å². The molecule has 2 nitrogen and oxygen atoms in total. The van der Waals surface area contributed by atoms with E-state index in [-0.39, 0.29) is 5.56 Å². The van der Waals surface area contributed by atoms with Gasteiger partial charge < -0.3 is 4.74 Å². The van der Waals surface area contributed by atoms with Crippen molar-refractivity contribution in [2.24, 2.45) is 0 Å². The van der Waals surface area contributed by atoms with Crippen LogP contribution in [0.1, 0.15) is 15.9 Å². The zero-order chi connectivity index (χ0) is 12.1. The molecule has 0 saturated heterocycles. The highest BCUT2D eigenvalue weighted by atomic mass is 19.1. The molecule has 0 N–H and O–H groups in total. The summed E-state index contributed by atoms with van der Waals surface area (Å²) in [6.07, 6.45) is 0.587. The predicted molar refractivity (Wildman–Crippen MR) is 62.6 cm³/mol. The van der Waals surface area contributed by atoms with Gasteiger partial charge in [0.1, 0.15) is 18.2 Å². The number of hydrogen-bond acceptors (Lipinski definition) is 2. The fourth-order valence-corrected chi connectivity index (χ4v) is 1.48. The summed E-state index contributed by atoms with van der Waals surface area (Å²) in [5.74, 6) is -0.0515. The fraction of sp³-hybridized carbons (Fsp3) is 0.0714. The van der Waals surface area contributed by atoms with Gasteiger partial charge in [-0.1, -0.05) is 30.3 Å². The smallest absolute Gasteiger partial charge is 0.153 e. The summed E-state index contributed by atoms with van der Waals surface area (Å²) < 4.78 is 18.4. The molecule has 2 rings (SSSR count). The van der Waals surface area contributed by atoms with Crippen molar-refractivity contribution in [3.8, 4) is 5.75 Å². The Labute approximate surface area is 98.7 Å². The van der Waals surface area contributed by atoms with E-state index < -0.39 is 5.82 Å². The standard InChI is InChI=1S/C14H11FO2/c15-13-6-7-14(12(8-13)9-16)17-10-11-4-2-1-3-5-11/h1-9H,10H2. The molecule has 2 aromatic carbocycles. The molecule has 0 radical (unpaired) electrons. The molecule has 0 heterocycles. The maximum absolute atomic E-state index is 12.9. The van der Waals surface area contributed by atoms with Gasteiger partial charge in [-0.05, 0) is 23.8 Å². The van der Waals surface area contributed by atoms with Crippen molar-refractivity contribution in [2.75, 3.05) is 0 Å². The largest absolute Gasteiger partial charge is 0.488 e. The van der Waals surface area contributed by atoms with Gasteiger partial charge in [-0.3, -0.25) is 4.79 Å². The van der Waals surface area contributed by atoms with Crippen molar-refractivity contribution in [3.05, 3.63) is 65.5 Å². The Kier molecular flexibility index (Phi) is 3.50. The van der Waals surface area contributed by atoms with Gasteiger partial charge >= 0.3 is 0 Å². The number of hydrogen-bond donors (Lipinski definition) is 0. The first-order valence-corrected chi connectivity index (χ1v) is 5.21. The lowest BCUT2D eigenvalue weighted by Gasteiger charge is -2.08. The zero-order valence-electron chi connectivity index (χ0n) is 9.10. The zero-order valence-corrected chi connectivity index (χ0v) is 9.10. The van der Waals surface area contributed by atoms with Gasteiger partial charge in [0.15, 0.2) is 6.29 Å². The molecule has 0 aromatic heterocycles. The quantitative estimate of drug-likeness (QED) is 0.754. The number of aldehydes is 1. The second-order valence-electron chi connectivity index (χ2n) is 3.57. The van der Waals surface area contributed by atoms with E-state index in [0.29, 0.717) is 18.6 Å². The topological polar surface area (TPSA) is 26.3 Å². The molecule has 0 aliphatic rings. The third-order valence-corrected chi connectivity index (χ3v) is 2.34. The van der Waals surface area contributed by atoms with Crippen LogP contribution in [0.4, 0.5) is 4.39 Å². The minimum absolute atomic E-state index is 0.223. The second kappa shape index (κ2) is 5.25. The van der Waals surface area contributed by atoms with Crippen LogP contribution >= 0.6 is 0 Å². The van der Waals surface area contributed by atoms with E-state index in [2.05, 4.69) is 0 Å². The number of halogens is 1. The molecule has 0 saturated carbocycles. The van der Waals surface area contributed by atoms with Crippen LogP contribution in [0.15, 0.2) is 48.5 Å². The van der Waals surface area contributed by atoms with Crippen LogP contribution in [0.2, 0.25) is 0 Å². The Morgan fingerprint density at radius 1 is 1.12 bits per heavy atom. The third-order valence-electron chi connectivity index (χ3n) is 2.34. The lowest BCUT2D eigenvalue weighted by molar-refractivity contribution is 0.111. The van der Waals surface area contributed by atoms with E-state index >= 15 is 0 Å². The first-order valence-electron chi connectivity index (χ1n) is 5.21. The molecule has 0 atom stereocenters. The minimum atomic E-state index is -0.445. The highest BCUT2D eigenvalue weighted by Gasteiger charge is 2.04. The Hall–Kier alpha value is -2.16. The van der Waals surface area contributed by atoms with Crippen LogP contribution < -0.4 is 4.74 Å². The maximum Gasteiger partial charge on any atom is 0.153 e. The summed E-state index contributed by atoms with van der Waals surface area (Å²) in [5.41, 5.74) is 1.22. The number of benzene rings is 2. The third kappa shape index (κ3) is 2.91. The first kappa shape index (κ1) is 11.3. The van der Waals surface area contributed by atoms with Gasteiger partial charge in [0, 0.05) is 0 Å². The normalized spacial score (nSPS) is 9.94. The number of carbonyl (C=O) groups is 1. The van der Waals surface area contributed by atoms with E-state index in [1.165, 1.54) is 12.1 Å². The van der Waals surface area contributed by atoms with Gasteiger partial charge in [0.2, 0.25) is 0 Å². The molecule has 17 heavy (non-hydrogen) atoms. The summed E-state index contributed by atoms with van der Waals surface area (Å²) in [7, 11) is 0. The van der Waals surface area contributed by atoms with Crippen LogP contribution in [0, 0.1) is 5.82 Å². The van der Waals surface area contributed by atoms with Gasteiger partial charge in [0.25, 0.3) is 0 Å². The van der Waals surface area contributed by atoms with Crippen LogP contribution in [0.3, 0.4) is 0 Å². The highest BCUT2D eigenvalue weighted by Crippen LogP contribution is 2.19. The maximum atomic E-state index is 12.9. The van der Waals surface area contributed by atoms with Crippen molar-refractivity contribution in [1.82, 2.24) is 0 Å². The Balaban J connectivity index is 2.11. The molecule has 0 aliphatic carbocycles. The minimum Gasteiger partial charge on any atom is -0.488 e. The van der Waals surface area contributed by atoms with Crippen LogP contribution in [-0.2, 0) is 6.61 Å². The Morgan fingerprint density at radius 2 is 1.88 bits per heavy atom. The average Bonchev–Trinajstić information content (AvgIpc) is 2.38. The second-order valence-corrected chi connectivity index (χ2v) is 3.57. The van der Waals surface area contributed by atoms with E-state index in [9.17, 15) is 9.18 Å². The monoisotopic (exact) mass is 230 g/mol. The fourth-order valence-electron chi connectivity index (χ4n) is 1.48. The first-order chi connectivity index (χ1) is 8.29.